The van der Waals surface area contributed by atoms with Crippen molar-refractivity contribution in [3.05, 3.63) is 35.6 Å². The molecule has 0 aliphatic carbocycles. The van der Waals surface area contributed by atoms with Gasteiger partial charge in [-0.3, -0.25) is 4.79 Å². The van der Waals surface area contributed by atoms with Gasteiger partial charge in [0.05, 0.1) is 6.10 Å². The molecule has 0 radical (unpaired) electrons. The summed E-state index contributed by atoms with van der Waals surface area (Å²) in [7, 11) is 0. The molecular weight excluding hydrogens is 307 g/mol. The predicted octanol–water partition coefficient (Wildman–Crippen LogP) is 2.73. The number of nitrogens with zero attached hydrogens (tertiary/aromatic N) is 1. The highest BCUT2D eigenvalue weighted by molar-refractivity contribution is 5.81. The van der Waals surface area contributed by atoms with Crippen LogP contribution in [0.15, 0.2) is 24.3 Å². The quantitative estimate of drug-likeness (QED) is 0.869. The largest absolute Gasteiger partial charge is 0.387 e. The van der Waals surface area contributed by atoms with E-state index in [1.165, 1.54) is 6.07 Å². The van der Waals surface area contributed by atoms with Crippen molar-refractivity contribution in [3.8, 4) is 0 Å². The lowest BCUT2D eigenvalue weighted by Crippen LogP contribution is -2.44. The minimum absolute atomic E-state index is 0.0611. The van der Waals surface area contributed by atoms with Crippen LogP contribution < -0.4 is 5.32 Å². The van der Waals surface area contributed by atoms with Crippen molar-refractivity contribution < 1.29 is 14.3 Å². The molecule has 0 spiro atoms. The Balaban J connectivity index is 1.85. The van der Waals surface area contributed by atoms with Gasteiger partial charge >= 0.3 is 0 Å². The third-order valence-electron chi connectivity index (χ3n) is 4.53. The van der Waals surface area contributed by atoms with E-state index in [0.717, 1.165) is 25.9 Å². The molecule has 0 saturated carbocycles. The summed E-state index contributed by atoms with van der Waals surface area (Å²) in [5.74, 6) is 0.0693. The van der Waals surface area contributed by atoms with E-state index >= 15 is 0 Å². The van der Waals surface area contributed by atoms with Gasteiger partial charge in [-0.25, -0.2) is 4.39 Å². The van der Waals surface area contributed by atoms with E-state index in [1.54, 1.807) is 18.2 Å². The van der Waals surface area contributed by atoms with E-state index in [9.17, 15) is 14.3 Å². The molecule has 1 heterocycles. The minimum Gasteiger partial charge on any atom is -0.387 e. The second kappa shape index (κ2) is 8.08. The lowest BCUT2D eigenvalue weighted by molar-refractivity contribution is -0.128. The average Bonchev–Trinajstić information content (AvgIpc) is 2.52. The Morgan fingerprint density at radius 3 is 2.79 bits per heavy atom. The summed E-state index contributed by atoms with van der Waals surface area (Å²) >= 11 is 0. The summed E-state index contributed by atoms with van der Waals surface area (Å²) in [5, 5.41) is 13.3. The maximum Gasteiger partial charge on any atom is 0.225 e. The molecule has 4 nitrogen and oxygen atoms in total. The Bertz CT molecular complexity index is 557. The number of amides is 1. The number of nitrogens with one attached hydrogen (secondary N) is 1. The van der Waals surface area contributed by atoms with Gasteiger partial charge in [-0.15, -0.1) is 0 Å². The molecule has 1 fully saturated rings. The topological polar surface area (TPSA) is 52.6 Å². The van der Waals surface area contributed by atoms with Gasteiger partial charge in [0.1, 0.15) is 5.82 Å². The van der Waals surface area contributed by atoms with Crippen molar-refractivity contribution in [1.82, 2.24) is 10.2 Å². The Labute approximate surface area is 144 Å². The maximum absolute atomic E-state index is 13.8. The highest BCUT2D eigenvalue weighted by atomic mass is 19.1. The number of piperidine rings is 1. The van der Waals surface area contributed by atoms with Crippen molar-refractivity contribution in [2.24, 2.45) is 11.3 Å². The van der Waals surface area contributed by atoms with Crippen LogP contribution in [0, 0.1) is 17.2 Å². The van der Waals surface area contributed by atoms with Crippen molar-refractivity contribution >= 4 is 5.91 Å². The van der Waals surface area contributed by atoms with Gasteiger partial charge in [0.15, 0.2) is 0 Å². The molecule has 134 valence electrons. The number of carbonyl (C=O) groups excluding carboxylic acids is 1. The fourth-order valence-corrected chi connectivity index (χ4v) is 3.07. The SMILES string of the molecule is CC(C)(C)C(=O)NCC1CCCN(CC(O)c2ccccc2F)C1. The van der Waals surface area contributed by atoms with Gasteiger partial charge < -0.3 is 15.3 Å². The number of halogens is 1. The molecule has 1 aliphatic rings. The van der Waals surface area contributed by atoms with Crippen LogP contribution in [0.1, 0.15) is 45.3 Å². The number of hydrogen-bond acceptors (Lipinski definition) is 3. The second-order valence-electron chi connectivity index (χ2n) is 7.77. The summed E-state index contributed by atoms with van der Waals surface area (Å²) < 4.78 is 13.8. The lowest BCUT2D eigenvalue weighted by atomic mass is 9.93. The van der Waals surface area contributed by atoms with Gasteiger partial charge in [-0.05, 0) is 31.4 Å². The van der Waals surface area contributed by atoms with Crippen LogP contribution in [-0.4, -0.2) is 42.1 Å². The number of aliphatic hydroxyl groups is 1. The van der Waals surface area contributed by atoms with E-state index in [4.69, 9.17) is 0 Å². The Hall–Kier alpha value is -1.46. The van der Waals surface area contributed by atoms with Crippen LogP contribution in [-0.2, 0) is 4.79 Å². The first-order valence-corrected chi connectivity index (χ1v) is 8.70. The van der Waals surface area contributed by atoms with Crippen LogP contribution in [0.3, 0.4) is 0 Å². The number of β-amino-alcohol motifs (C(OH)–C–C–N with tert-alkyl or cyclic N) is 1. The molecule has 1 aromatic rings. The first kappa shape index (κ1) is 18.9. The van der Waals surface area contributed by atoms with Crippen molar-refractivity contribution in [1.29, 1.82) is 0 Å². The molecule has 24 heavy (non-hydrogen) atoms. The zero-order valence-electron chi connectivity index (χ0n) is 14.9. The standard InChI is InChI=1S/C19H29FN2O2/c1-19(2,3)18(24)21-11-14-7-6-10-22(12-14)13-17(23)15-8-4-5-9-16(15)20/h4-5,8-9,14,17,23H,6-7,10-13H2,1-3H3,(H,21,24). The Morgan fingerprint density at radius 1 is 1.42 bits per heavy atom. The van der Waals surface area contributed by atoms with Crippen LogP contribution in [0.4, 0.5) is 4.39 Å². The van der Waals surface area contributed by atoms with Gasteiger partial charge in [0.2, 0.25) is 5.91 Å². The summed E-state index contributed by atoms with van der Waals surface area (Å²) in [4.78, 5) is 14.1. The maximum atomic E-state index is 13.8. The summed E-state index contributed by atoms with van der Waals surface area (Å²) in [6.07, 6.45) is 1.27. The molecular formula is C19H29FN2O2. The Kier molecular flexibility index (Phi) is 6.35. The highest BCUT2D eigenvalue weighted by Crippen LogP contribution is 2.22. The molecule has 2 atom stereocenters. The third kappa shape index (κ3) is 5.28. The predicted molar refractivity (Wildman–Crippen MR) is 93.0 cm³/mol. The summed E-state index contributed by atoms with van der Waals surface area (Å²) in [6.45, 7) is 8.50. The molecule has 0 aromatic heterocycles. The van der Waals surface area contributed by atoms with Crippen molar-refractivity contribution in [2.75, 3.05) is 26.2 Å². The molecule has 2 N–H and O–H groups in total. The van der Waals surface area contributed by atoms with Crippen LogP contribution >= 0.6 is 0 Å². The van der Waals surface area contributed by atoms with Crippen LogP contribution in [0.2, 0.25) is 0 Å². The van der Waals surface area contributed by atoms with Crippen molar-refractivity contribution in [3.63, 3.8) is 0 Å². The second-order valence-corrected chi connectivity index (χ2v) is 7.77. The molecule has 1 aromatic carbocycles. The van der Waals surface area contributed by atoms with Gasteiger partial charge in [0.25, 0.3) is 0 Å². The molecule has 5 heteroatoms. The number of rotatable bonds is 5. The molecule has 1 amide bonds. The fraction of sp³-hybridized carbons (Fsp3) is 0.632. The number of benzene rings is 1. The smallest absolute Gasteiger partial charge is 0.225 e. The van der Waals surface area contributed by atoms with E-state index in [1.807, 2.05) is 20.8 Å². The fourth-order valence-electron chi connectivity index (χ4n) is 3.07. The number of carbonyl (C=O) groups is 1. The molecule has 1 saturated heterocycles. The van der Waals surface area contributed by atoms with Crippen LogP contribution in [0.5, 0.6) is 0 Å². The average molecular weight is 336 g/mol. The molecule has 2 rings (SSSR count). The first-order valence-electron chi connectivity index (χ1n) is 8.70. The normalized spacial score (nSPS) is 20.6. The van der Waals surface area contributed by atoms with Gasteiger partial charge in [-0.1, -0.05) is 39.0 Å². The molecule has 0 bridgehead atoms. The summed E-state index contributed by atoms with van der Waals surface area (Å²) in [6, 6.07) is 6.37. The highest BCUT2D eigenvalue weighted by Gasteiger charge is 2.26. The van der Waals surface area contributed by atoms with E-state index in [-0.39, 0.29) is 17.1 Å². The number of aliphatic hydroxyl groups excluding tert-OH is 1. The zero-order valence-corrected chi connectivity index (χ0v) is 14.9. The Morgan fingerprint density at radius 2 is 2.12 bits per heavy atom. The van der Waals surface area contributed by atoms with E-state index in [0.29, 0.717) is 24.6 Å². The number of hydrogen-bond donors (Lipinski definition) is 2. The first-order chi connectivity index (χ1) is 11.3. The van der Waals surface area contributed by atoms with E-state index < -0.39 is 6.10 Å². The van der Waals surface area contributed by atoms with E-state index in [2.05, 4.69) is 10.2 Å². The summed E-state index contributed by atoms with van der Waals surface area (Å²) in [5.41, 5.74) is -0.0317. The van der Waals surface area contributed by atoms with Gasteiger partial charge in [0, 0.05) is 30.6 Å². The van der Waals surface area contributed by atoms with Crippen molar-refractivity contribution in [2.45, 2.75) is 39.7 Å². The van der Waals surface area contributed by atoms with Gasteiger partial charge in [-0.2, -0.15) is 0 Å². The third-order valence-corrected chi connectivity index (χ3v) is 4.53. The monoisotopic (exact) mass is 336 g/mol. The minimum atomic E-state index is -0.825. The molecule has 2 unspecified atom stereocenters. The molecule has 1 aliphatic heterocycles. The lowest BCUT2D eigenvalue weighted by Gasteiger charge is -2.34. The zero-order chi connectivity index (χ0) is 17.7. The van der Waals surface area contributed by atoms with Crippen LogP contribution in [0.25, 0.3) is 0 Å². The number of likely N-dealkylation sites (tertiary alicyclic amines) is 1.